The van der Waals surface area contributed by atoms with E-state index in [1.54, 1.807) is 12.1 Å². The summed E-state index contributed by atoms with van der Waals surface area (Å²) in [5, 5.41) is 2.40. The molecule has 0 aliphatic rings. The number of alkyl halides is 3. The molecule has 0 saturated carbocycles. The highest BCUT2D eigenvalue weighted by molar-refractivity contribution is 5.92. The van der Waals surface area contributed by atoms with Crippen LogP contribution in [-0.4, -0.2) is 31.5 Å². The number of carbonyl (C=O) groups excluding carboxylic acids is 2. The Morgan fingerprint density at radius 2 is 1.61 bits per heavy atom. The van der Waals surface area contributed by atoms with E-state index in [4.69, 9.17) is 9.47 Å². The van der Waals surface area contributed by atoms with E-state index >= 15 is 0 Å². The summed E-state index contributed by atoms with van der Waals surface area (Å²) in [6.45, 7) is -0.170. The van der Waals surface area contributed by atoms with Gasteiger partial charge in [-0.2, -0.15) is 0 Å². The van der Waals surface area contributed by atoms with E-state index in [1.165, 1.54) is 12.1 Å². The van der Waals surface area contributed by atoms with E-state index < -0.39 is 30.6 Å². The monoisotopic (exact) mass is 397 g/mol. The van der Waals surface area contributed by atoms with Crippen molar-refractivity contribution in [1.82, 2.24) is 0 Å². The molecule has 1 amide bonds. The van der Waals surface area contributed by atoms with Crippen LogP contribution in [0, 0.1) is 0 Å². The second-order valence-corrected chi connectivity index (χ2v) is 5.55. The van der Waals surface area contributed by atoms with Gasteiger partial charge in [-0.05, 0) is 42.8 Å². The van der Waals surface area contributed by atoms with Crippen LogP contribution in [0.5, 0.6) is 11.5 Å². The quantitative estimate of drug-likeness (QED) is 0.513. The van der Waals surface area contributed by atoms with Crippen LogP contribution in [0.3, 0.4) is 0 Å². The van der Waals surface area contributed by atoms with E-state index in [2.05, 4.69) is 10.1 Å². The summed E-state index contributed by atoms with van der Waals surface area (Å²) >= 11 is 0. The van der Waals surface area contributed by atoms with E-state index in [0.717, 1.165) is 12.1 Å². The molecule has 1 N–H and O–H groups in total. The number of benzene rings is 2. The average molecular weight is 397 g/mol. The summed E-state index contributed by atoms with van der Waals surface area (Å²) in [5.74, 6) is -0.879. The van der Waals surface area contributed by atoms with Crippen molar-refractivity contribution in [3.63, 3.8) is 0 Å². The number of rotatable bonds is 9. The zero-order valence-corrected chi connectivity index (χ0v) is 14.7. The summed E-state index contributed by atoms with van der Waals surface area (Å²) in [7, 11) is 0. The van der Waals surface area contributed by atoms with Crippen molar-refractivity contribution in [2.45, 2.75) is 19.2 Å². The third-order valence-corrected chi connectivity index (χ3v) is 3.27. The number of carbonyl (C=O) groups is 2. The van der Waals surface area contributed by atoms with Crippen LogP contribution >= 0.6 is 0 Å². The smallest absolute Gasteiger partial charge is 0.494 e. The van der Waals surface area contributed by atoms with Crippen molar-refractivity contribution < 1.29 is 37.0 Å². The fourth-order valence-electron chi connectivity index (χ4n) is 2.08. The number of hydrogen-bond donors (Lipinski definition) is 1. The lowest BCUT2D eigenvalue weighted by atomic mass is 10.3. The molecule has 0 bridgehead atoms. The molecular formula is C19H18F3NO5. The maximum atomic E-state index is 12.1. The summed E-state index contributed by atoms with van der Waals surface area (Å²) in [6, 6.07) is 13.7. The Morgan fingerprint density at radius 1 is 0.929 bits per heavy atom. The van der Waals surface area contributed by atoms with Gasteiger partial charge in [-0.3, -0.25) is 9.59 Å². The molecule has 0 aromatic heterocycles. The van der Waals surface area contributed by atoms with Gasteiger partial charge in [0.25, 0.3) is 5.91 Å². The summed E-state index contributed by atoms with van der Waals surface area (Å²) in [5.41, 5.74) is 0.242. The molecule has 0 radical (unpaired) electrons. The topological polar surface area (TPSA) is 73.9 Å². The lowest BCUT2D eigenvalue weighted by Crippen LogP contribution is -2.21. The van der Waals surface area contributed by atoms with E-state index in [-0.39, 0.29) is 12.1 Å². The van der Waals surface area contributed by atoms with Gasteiger partial charge in [0.05, 0.1) is 6.61 Å². The first kappa shape index (κ1) is 21.1. The van der Waals surface area contributed by atoms with E-state index in [1.807, 2.05) is 18.2 Å². The number of hydrogen-bond acceptors (Lipinski definition) is 5. The van der Waals surface area contributed by atoms with Gasteiger partial charge in [0.2, 0.25) is 0 Å². The van der Waals surface area contributed by atoms with Gasteiger partial charge in [0.15, 0.2) is 6.61 Å². The number of para-hydroxylation sites is 1. The number of amides is 1. The SMILES string of the molecule is O=C(COC(=O)CCCOc1ccccc1)Nc1ccc(OC(F)(F)F)cc1. The fraction of sp³-hybridized carbons (Fsp3) is 0.263. The van der Waals surface area contributed by atoms with Gasteiger partial charge < -0.3 is 19.5 Å². The van der Waals surface area contributed by atoms with Gasteiger partial charge in [-0.15, -0.1) is 13.2 Å². The highest BCUT2D eigenvalue weighted by Crippen LogP contribution is 2.23. The minimum absolute atomic E-state index is 0.0869. The van der Waals surface area contributed by atoms with Crippen LogP contribution in [0.25, 0.3) is 0 Å². The number of halogens is 3. The molecule has 0 aliphatic carbocycles. The largest absolute Gasteiger partial charge is 0.573 e. The third-order valence-electron chi connectivity index (χ3n) is 3.27. The number of ether oxygens (including phenoxy) is 3. The molecule has 2 aromatic carbocycles. The van der Waals surface area contributed by atoms with Crippen molar-refractivity contribution in [1.29, 1.82) is 0 Å². The number of anilines is 1. The van der Waals surface area contributed by atoms with Gasteiger partial charge in [-0.25, -0.2) is 0 Å². The van der Waals surface area contributed by atoms with Crippen LogP contribution in [0.4, 0.5) is 18.9 Å². The molecule has 0 fully saturated rings. The molecule has 150 valence electrons. The first-order valence-electron chi connectivity index (χ1n) is 8.31. The molecule has 0 aliphatic heterocycles. The lowest BCUT2D eigenvalue weighted by Gasteiger charge is -2.10. The standard InChI is InChI=1S/C19H18F3NO5/c20-19(21,22)28-16-10-8-14(9-11-16)23-17(24)13-27-18(25)7-4-12-26-15-5-2-1-3-6-15/h1-3,5-6,8-11H,4,7,12-13H2,(H,23,24). The van der Waals surface area contributed by atoms with Crippen molar-refractivity contribution >= 4 is 17.6 Å². The second-order valence-electron chi connectivity index (χ2n) is 5.55. The Morgan fingerprint density at radius 3 is 2.25 bits per heavy atom. The van der Waals surface area contributed by atoms with Crippen molar-refractivity contribution in [3.8, 4) is 11.5 Å². The molecule has 0 spiro atoms. The molecule has 9 heteroatoms. The summed E-state index contributed by atoms with van der Waals surface area (Å²) < 4.78 is 50.2. The Kier molecular flexibility index (Phi) is 7.67. The predicted octanol–water partition coefficient (Wildman–Crippen LogP) is 3.93. The van der Waals surface area contributed by atoms with Gasteiger partial charge in [-0.1, -0.05) is 18.2 Å². The third kappa shape index (κ3) is 8.43. The maximum Gasteiger partial charge on any atom is 0.573 e. The Hall–Kier alpha value is -3.23. The lowest BCUT2D eigenvalue weighted by molar-refractivity contribution is -0.274. The highest BCUT2D eigenvalue weighted by Gasteiger charge is 2.30. The molecule has 0 heterocycles. The molecule has 2 aromatic rings. The molecule has 2 rings (SSSR count). The van der Waals surface area contributed by atoms with E-state index in [0.29, 0.717) is 18.8 Å². The molecular weight excluding hydrogens is 379 g/mol. The molecule has 0 unspecified atom stereocenters. The number of esters is 1. The Labute approximate surface area is 159 Å². The van der Waals surface area contributed by atoms with Gasteiger partial charge in [0, 0.05) is 12.1 Å². The molecule has 0 saturated heterocycles. The summed E-state index contributed by atoms with van der Waals surface area (Å²) in [4.78, 5) is 23.3. The first-order valence-corrected chi connectivity index (χ1v) is 8.31. The van der Waals surface area contributed by atoms with Crippen LogP contribution in [0.2, 0.25) is 0 Å². The first-order chi connectivity index (χ1) is 13.3. The number of nitrogens with one attached hydrogen (secondary N) is 1. The van der Waals surface area contributed by atoms with Crippen molar-refractivity contribution in [3.05, 3.63) is 54.6 Å². The fourth-order valence-corrected chi connectivity index (χ4v) is 2.08. The van der Waals surface area contributed by atoms with Gasteiger partial charge in [0.1, 0.15) is 11.5 Å². The van der Waals surface area contributed by atoms with Crippen LogP contribution in [-0.2, 0) is 14.3 Å². The van der Waals surface area contributed by atoms with E-state index in [9.17, 15) is 22.8 Å². The highest BCUT2D eigenvalue weighted by atomic mass is 19.4. The van der Waals surface area contributed by atoms with Crippen molar-refractivity contribution in [2.75, 3.05) is 18.5 Å². The minimum atomic E-state index is -4.79. The zero-order chi connectivity index (χ0) is 20.4. The summed E-state index contributed by atoms with van der Waals surface area (Å²) in [6.07, 6.45) is -4.27. The minimum Gasteiger partial charge on any atom is -0.494 e. The Bertz CT molecular complexity index is 763. The van der Waals surface area contributed by atoms with Crippen LogP contribution in [0.15, 0.2) is 54.6 Å². The van der Waals surface area contributed by atoms with Gasteiger partial charge >= 0.3 is 12.3 Å². The average Bonchev–Trinajstić information content (AvgIpc) is 2.65. The normalized spacial score (nSPS) is 10.8. The molecule has 0 atom stereocenters. The zero-order valence-electron chi connectivity index (χ0n) is 14.7. The molecule has 6 nitrogen and oxygen atoms in total. The Balaban J connectivity index is 1.62. The van der Waals surface area contributed by atoms with Crippen LogP contribution in [0.1, 0.15) is 12.8 Å². The molecule has 28 heavy (non-hydrogen) atoms. The van der Waals surface area contributed by atoms with Crippen LogP contribution < -0.4 is 14.8 Å². The second kappa shape index (κ2) is 10.2. The van der Waals surface area contributed by atoms with Crippen molar-refractivity contribution in [2.24, 2.45) is 0 Å². The maximum absolute atomic E-state index is 12.1. The predicted molar refractivity (Wildman–Crippen MR) is 93.9 cm³/mol.